The van der Waals surface area contributed by atoms with Crippen LogP contribution in [-0.2, 0) is 6.42 Å². The van der Waals surface area contributed by atoms with Crippen LogP contribution in [0, 0.1) is 32.1 Å². The van der Waals surface area contributed by atoms with E-state index in [1.54, 1.807) is 0 Å². The van der Waals surface area contributed by atoms with Gasteiger partial charge in [0, 0.05) is 17.8 Å². The van der Waals surface area contributed by atoms with E-state index in [0.29, 0.717) is 5.56 Å². The topological polar surface area (TPSA) is 54.5 Å². The minimum Gasteiger partial charge on any atom is -0.281 e. The van der Waals surface area contributed by atoms with Crippen LogP contribution in [0.25, 0.3) is 28.0 Å². The molecule has 4 heteroatoms. The van der Waals surface area contributed by atoms with Crippen LogP contribution in [0.4, 0.5) is 0 Å². The highest BCUT2D eigenvalue weighted by molar-refractivity contribution is 5.80. The molecule has 0 unspecified atom stereocenters. The first-order valence-electron chi connectivity index (χ1n) is 10.5. The number of hydrogen-bond donors (Lipinski definition) is 0. The number of hydrogen-bond acceptors (Lipinski definition) is 3. The van der Waals surface area contributed by atoms with Gasteiger partial charge in [-0.15, -0.1) is 0 Å². The molecule has 2 aromatic carbocycles. The standard InChI is InChI=1S/C26H26N4/c1-5-6-11-24-29-25-18(3)17(2)19(4)28-26(25)30(24)22-14-12-20(13-15-22)23-10-8-7-9-21(23)16-27/h7-10,12-15H,5-6,11H2,1-4H3. The van der Waals surface area contributed by atoms with Crippen molar-refractivity contribution in [2.24, 2.45) is 0 Å². The lowest BCUT2D eigenvalue weighted by Gasteiger charge is -2.11. The van der Waals surface area contributed by atoms with E-state index in [-0.39, 0.29) is 0 Å². The fourth-order valence-electron chi connectivity index (χ4n) is 3.90. The SMILES string of the molecule is CCCCc1nc2c(C)c(C)c(C)nc2n1-c1ccc(-c2ccccc2C#N)cc1. The molecule has 2 aromatic heterocycles. The molecule has 4 nitrogen and oxygen atoms in total. The molecule has 0 aliphatic carbocycles. The monoisotopic (exact) mass is 394 g/mol. The van der Waals surface area contributed by atoms with E-state index in [2.05, 4.69) is 62.6 Å². The maximum Gasteiger partial charge on any atom is 0.165 e. The van der Waals surface area contributed by atoms with Crippen LogP contribution in [0.5, 0.6) is 0 Å². The summed E-state index contributed by atoms with van der Waals surface area (Å²) in [7, 11) is 0. The first-order chi connectivity index (χ1) is 14.5. The molecule has 0 saturated heterocycles. The van der Waals surface area contributed by atoms with Gasteiger partial charge >= 0.3 is 0 Å². The number of nitrogens with zero attached hydrogens (tertiary/aromatic N) is 4. The molecule has 30 heavy (non-hydrogen) atoms. The van der Waals surface area contributed by atoms with E-state index in [1.165, 1.54) is 11.1 Å². The molecule has 0 amide bonds. The summed E-state index contributed by atoms with van der Waals surface area (Å²) < 4.78 is 2.20. The first kappa shape index (κ1) is 19.8. The quantitative estimate of drug-likeness (QED) is 0.403. The molecule has 0 atom stereocenters. The van der Waals surface area contributed by atoms with Gasteiger partial charge in [0.15, 0.2) is 5.65 Å². The first-order valence-corrected chi connectivity index (χ1v) is 10.5. The minimum atomic E-state index is 0.686. The number of pyridine rings is 1. The highest BCUT2D eigenvalue weighted by Crippen LogP contribution is 2.29. The Labute approximate surface area is 177 Å². The summed E-state index contributed by atoms with van der Waals surface area (Å²) in [5.41, 5.74) is 9.09. The Morgan fingerprint density at radius 2 is 1.67 bits per heavy atom. The van der Waals surface area contributed by atoms with Gasteiger partial charge in [0.05, 0.1) is 11.6 Å². The highest BCUT2D eigenvalue weighted by atomic mass is 15.1. The fourth-order valence-corrected chi connectivity index (χ4v) is 3.90. The summed E-state index contributed by atoms with van der Waals surface area (Å²) in [5, 5.41) is 9.43. The van der Waals surface area contributed by atoms with Crippen molar-refractivity contribution in [2.45, 2.75) is 47.0 Å². The van der Waals surface area contributed by atoms with Crippen LogP contribution in [0.15, 0.2) is 48.5 Å². The predicted octanol–water partition coefficient (Wildman–Crippen LogP) is 6.23. The predicted molar refractivity (Wildman–Crippen MR) is 122 cm³/mol. The van der Waals surface area contributed by atoms with Crippen molar-refractivity contribution < 1.29 is 0 Å². The zero-order valence-corrected chi connectivity index (χ0v) is 18.0. The lowest BCUT2D eigenvalue weighted by molar-refractivity contribution is 0.742. The summed E-state index contributed by atoms with van der Waals surface area (Å²) in [6.45, 7) is 8.51. The van der Waals surface area contributed by atoms with Crippen LogP contribution in [-0.4, -0.2) is 14.5 Å². The number of fused-ring (bicyclic) bond motifs is 1. The van der Waals surface area contributed by atoms with Gasteiger partial charge < -0.3 is 0 Å². The number of aryl methyl sites for hydroxylation is 3. The Hall–Kier alpha value is -3.45. The summed E-state index contributed by atoms with van der Waals surface area (Å²) >= 11 is 0. The van der Waals surface area contributed by atoms with Crippen molar-refractivity contribution in [1.29, 1.82) is 5.26 Å². The largest absolute Gasteiger partial charge is 0.281 e. The van der Waals surface area contributed by atoms with Crippen molar-refractivity contribution in [3.63, 3.8) is 0 Å². The highest BCUT2D eigenvalue weighted by Gasteiger charge is 2.17. The number of benzene rings is 2. The van der Waals surface area contributed by atoms with Crippen LogP contribution >= 0.6 is 0 Å². The third-order valence-corrected chi connectivity index (χ3v) is 5.89. The van der Waals surface area contributed by atoms with E-state index >= 15 is 0 Å². The Morgan fingerprint density at radius 3 is 2.37 bits per heavy atom. The number of unbranched alkanes of at least 4 members (excludes halogenated alkanes) is 1. The Bertz CT molecular complexity index is 1260. The molecule has 0 bridgehead atoms. The average Bonchev–Trinajstić information content (AvgIpc) is 3.14. The van der Waals surface area contributed by atoms with Crippen LogP contribution in [0.1, 0.15) is 48.0 Å². The summed E-state index contributed by atoms with van der Waals surface area (Å²) in [6, 6.07) is 18.4. The fraction of sp³-hybridized carbons (Fsp3) is 0.269. The van der Waals surface area contributed by atoms with E-state index in [0.717, 1.165) is 58.8 Å². The van der Waals surface area contributed by atoms with E-state index in [4.69, 9.17) is 9.97 Å². The second kappa shape index (κ2) is 8.12. The molecule has 0 N–H and O–H groups in total. The molecule has 0 radical (unpaired) electrons. The maximum absolute atomic E-state index is 9.43. The van der Waals surface area contributed by atoms with Crippen molar-refractivity contribution >= 4 is 11.2 Å². The average molecular weight is 395 g/mol. The Balaban J connectivity index is 1.87. The molecule has 4 rings (SSSR count). The minimum absolute atomic E-state index is 0.686. The van der Waals surface area contributed by atoms with Gasteiger partial charge in [-0.2, -0.15) is 5.26 Å². The Morgan fingerprint density at radius 1 is 0.933 bits per heavy atom. The molecule has 4 aromatic rings. The zero-order chi connectivity index (χ0) is 21.3. The van der Waals surface area contributed by atoms with Crippen molar-refractivity contribution in [1.82, 2.24) is 14.5 Å². The van der Waals surface area contributed by atoms with Gasteiger partial charge in [-0.25, -0.2) is 9.97 Å². The van der Waals surface area contributed by atoms with Crippen LogP contribution in [0.2, 0.25) is 0 Å². The smallest absolute Gasteiger partial charge is 0.165 e. The number of aromatic nitrogens is 3. The molecular formula is C26H26N4. The van der Waals surface area contributed by atoms with Crippen molar-refractivity contribution in [2.75, 3.05) is 0 Å². The van der Waals surface area contributed by atoms with E-state index in [1.807, 2.05) is 24.3 Å². The third-order valence-electron chi connectivity index (χ3n) is 5.89. The summed E-state index contributed by atoms with van der Waals surface area (Å²) in [5.74, 6) is 1.05. The molecule has 0 aliphatic heterocycles. The molecule has 0 saturated carbocycles. The molecule has 2 heterocycles. The zero-order valence-electron chi connectivity index (χ0n) is 18.0. The molecule has 150 valence electrons. The molecule has 0 fully saturated rings. The number of rotatable bonds is 5. The van der Waals surface area contributed by atoms with Gasteiger partial charge in [-0.05, 0) is 67.6 Å². The number of nitriles is 1. The van der Waals surface area contributed by atoms with Crippen molar-refractivity contribution in [3.05, 3.63) is 76.7 Å². The van der Waals surface area contributed by atoms with Gasteiger partial charge in [0.2, 0.25) is 0 Å². The normalized spacial score (nSPS) is 11.0. The van der Waals surface area contributed by atoms with Gasteiger partial charge in [0.25, 0.3) is 0 Å². The lowest BCUT2D eigenvalue weighted by Crippen LogP contribution is -2.03. The summed E-state index contributed by atoms with van der Waals surface area (Å²) in [6.07, 6.45) is 3.13. The number of imidazole rings is 1. The van der Waals surface area contributed by atoms with Gasteiger partial charge in [-0.1, -0.05) is 43.7 Å². The molecule has 0 aliphatic rings. The second-order valence-electron chi connectivity index (χ2n) is 7.79. The Kier molecular flexibility index (Phi) is 5.37. The van der Waals surface area contributed by atoms with Gasteiger partial charge in [-0.3, -0.25) is 4.57 Å². The third kappa shape index (κ3) is 3.37. The maximum atomic E-state index is 9.43. The lowest BCUT2D eigenvalue weighted by atomic mass is 10.0. The van der Waals surface area contributed by atoms with E-state index < -0.39 is 0 Å². The van der Waals surface area contributed by atoms with Gasteiger partial charge in [0.1, 0.15) is 11.3 Å². The van der Waals surface area contributed by atoms with Crippen LogP contribution in [0.3, 0.4) is 0 Å². The summed E-state index contributed by atoms with van der Waals surface area (Å²) in [4.78, 5) is 9.90. The van der Waals surface area contributed by atoms with Crippen molar-refractivity contribution in [3.8, 4) is 22.9 Å². The molecular weight excluding hydrogens is 368 g/mol. The molecule has 0 spiro atoms. The van der Waals surface area contributed by atoms with Crippen LogP contribution < -0.4 is 0 Å². The second-order valence-corrected chi connectivity index (χ2v) is 7.79. The van der Waals surface area contributed by atoms with E-state index in [9.17, 15) is 5.26 Å².